The summed E-state index contributed by atoms with van der Waals surface area (Å²) in [5, 5.41) is 25.4. The first-order chi connectivity index (χ1) is 3.68. The fourth-order valence-electron chi connectivity index (χ4n) is 0.150. The monoisotopic (exact) mass is 128 g/mol. The van der Waals surface area contributed by atoms with Gasteiger partial charge in [-0.3, -0.25) is 0 Å². The second kappa shape index (κ2) is 5.28. The fraction of sp³-hybridized carbons (Fsp3) is 1.00. The summed E-state index contributed by atoms with van der Waals surface area (Å²) in [6.45, 7) is 1.06. The van der Waals surface area contributed by atoms with Crippen molar-refractivity contribution in [2.24, 2.45) is 5.41 Å². The number of aliphatic hydroxyl groups excluding tert-OH is 3. The molecule has 0 saturated carbocycles. The van der Waals surface area contributed by atoms with Crippen LogP contribution in [-0.2, 0) is 0 Å². The van der Waals surface area contributed by atoms with Crippen molar-refractivity contribution in [3.63, 3.8) is 0 Å². The van der Waals surface area contributed by atoms with E-state index in [9.17, 15) is 0 Å². The van der Waals surface area contributed by atoms with Gasteiger partial charge >= 0.3 is 18.9 Å². The molecule has 0 aliphatic heterocycles. The molecular formula is C5H13LiO3. The van der Waals surface area contributed by atoms with Gasteiger partial charge in [0.05, 0.1) is 19.8 Å². The first-order valence-electron chi connectivity index (χ1n) is 2.51. The van der Waals surface area contributed by atoms with Crippen LogP contribution >= 0.6 is 0 Å². The summed E-state index contributed by atoms with van der Waals surface area (Å²) in [7, 11) is 0. The maximum absolute atomic E-state index is 8.47. The van der Waals surface area contributed by atoms with Gasteiger partial charge in [-0.15, -0.1) is 0 Å². The Kier molecular flexibility index (Phi) is 7.14. The molecule has 3 N–H and O–H groups in total. The van der Waals surface area contributed by atoms with E-state index in [4.69, 9.17) is 15.3 Å². The Morgan fingerprint density at radius 2 is 1.22 bits per heavy atom. The Hall–Kier alpha value is 0.477. The van der Waals surface area contributed by atoms with Crippen LogP contribution in [0.15, 0.2) is 0 Å². The standard InChI is InChI=1S/C5H12O3.Li.H/c1-5(2-6,3-7)4-8;;/h6-8H,2-4H2,1H3;;. The summed E-state index contributed by atoms with van der Waals surface area (Å²) in [6.07, 6.45) is 0. The zero-order valence-corrected chi connectivity index (χ0v) is 4.96. The van der Waals surface area contributed by atoms with Crippen LogP contribution in [-0.4, -0.2) is 54.0 Å². The Balaban J connectivity index is 0. The van der Waals surface area contributed by atoms with Gasteiger partial charge in [0.25, 0.3) is 0 Å². The van der Waals surface area contributed by atoms with Crippen LogP contribution in [0.1, 0.15) is 6.92 Å². The number of aliphatic hydroxyl groups is 3. The molecule has 0 rings (SSSR count). The van der Waals surface area contributed by atoms with E-state index < -0.39 is 5.41 Å². The van der Waals surface area contributed by atoms with Crippen molar-refractivity contribution in [1.29, 1.82) is 0 Å². The fourth-order valence-corrected chi connectivity index (χ4v) is 0.150. The van der Waals surface area contributed by atoms with Gasteiger partial charge in [0.1, 0.15) is 0 Å². The van der Waals surface area contributed by atoms with Gasteiger partial charge in [-0.1, -0.05) is 6.92 Å². The molecular weight excluding hydrogens is 115 g/mol. The Bertz CT molecular complexity index is 55.0. The van der Waals surface area contributed by atoms with Gasteiger partial charge < -0.3 is 15.3 Å². The predicted molar refractivity (Wildman–Crippen MR) is 36.5 cm³/mol. The first kappa shape index (κ1) is 12.2. The topological polar surface area (TPSA) is 60.7 Å². The van der Waals surface area contributed by atoms with Gasteiger partial charge in [0.15, 0.2) is 0 Å². The molecule has 0 bridgehead atoms. The molecule has 9 heavy (non-hydrogen) atoms. The third kappa shape index (κ3) is 3.96. The van der Waals surface area contributed by atoms with Crippen molar-refractivity contribution in [2.45, 2.75) is 6.92 Å². The van der Waals surface area contributed by atoms with Crippen LogP contribution in [0.4, 0.5) is 0 Å². The molecule has 0 aromatic heterocycles. The minimum absolute atomic E-state index is 0. The molecule has 0 aromatic rings. The van der Waals surface area contributed by atoms with E-state index in [1.165, 1.54) is 0 Å². The predicted octanol–water partition coefficient (Wildman–Crippen LogP) is -1.68. The molecule has 3 nitrogen and oxygen atoms in total. The molecule has 0 fully saturated rings. The Morgan fingerprint density at radius 3 is 1.22 bits per heavy atom. The molecule has 0 unspecified atom stereocenters. The summed E-state index contributed by atoms with van der Waals surface area (Å²) >= 11 is 0. The van der Waals surface area contributed by atoms with Crippen LogP contribution in [0, 0.1) is 5.41 Å². The molecule has 0 heterocycles. The van der Waals surface area contributed by atoms with Crippen LogP contribution in [0.25, 0.3) is 0 Å². The second-order valence-electron chi connectivity index (χ2n) is 2.29. The van der Waals surface area contributed by atoms with Gasteiger partial charge in [0.2, 0.25) is 0 Å². The average molecular weight is 128 g/mol. The third-order valence-corrected chi connectivity index (χ3v) is 1.15. The van der Waals surface area contributed by atoms with E-state index in [1.54, 1.807) is 6.92 Å². The summed E-state index contributed by atoms with van der Waals surface area (Å²) < 4.78 is 0. The Labute approximate surface area is 66.9 Å². The summed E-state index contributed by atoms with van der Waals surface area (Å²) in [5.41, 5.74) is -0.708. The number of rotatable bonds is 3. The quantitative estimate of drug-likeness (QED) is 0.398. The van der Waals surface area contributed by atoms with Crippen LogP contribution in [0.2, 0.25) is 0 Å². The van der Waals surface area contributed by atoms with Crippen LogP contribution in [0.5, 0.6) is 0 Å². The van der Waals surface area contributed by atoms with Gasteiger partial charge in [0, 0.05) is 5.41 Å². The molecule has 0 aromatic carbocycles. The molecule has 0 radical (unpaired) electrons. The normalized spacial score (nSPS) is 10.7. The van der Waals surface area contributed by atoms with E-state index >= 15 is 0 Å². The number of hydrogen-bond donors (Lipinski definition) is 3. The zero-order chi connectivity index (χ0) is 6.62. The molecule has 52 valence electrons. The molecule has 0 spiro atoms. The molecule has 0 atom stereocenters. The SMILES string of the molecule is CC(CO)(CO)CO.[LiH]. The van der Waals surface area contributed by atoms with E-state index in [2.05, 4.69) is 0 Å². The maximum atomic E-state index is 8.47. The van der Waals surface area contributed by atoms with Crippen molar-refractivity contribution < 1.29 is 15.3 Å². The van der Waals surface area contributed by atoms with Crippen molar-refractivity contribution in [3.05, 3.63) is 0 Å². The second-order valence-corrected chi connectivity index (χ2v) is 2.29. The van der Waals surface area contributed by atoms with Gasteiger partial charge in [-0.2, -0.15) is 0 Å². The van der Waals surface area contributed by atoms with Gasteiger partial charge in [-0.25, -0.2) is 0 Å². The molecule has 0 aliphatic carbocycles. The van der Waals surface area contributed by atoms with Crippen molar-refractivity contribution >= 4 is 18.9 Å². The van der Waals surface area contributed by atoms with Gasteiger partial charge in [-0.05, 0) is 0 Å². The van der Waals surface area contributed by atoms with E-state index in [1.807, 2.05) is 0 Å². The summed E-state index contributed by atoms with van der Waals surface area (Å²) in [5.74, 6) is 0. The van der Waals surface area contributed by atoms with E-state index in [-0.39, 0.29) is 38.7 Å². The minimum atomic E-state index is -0.708. The Morgan fingerprint density at radius 1 is 1.00 bits per heavy atom. The van der Waals surface area contributed by atoms with E-state index in [0.29, 0.717) is 0 Å². The van der Waals surface area contributed by atoms with Crippen LogP contribution in [0.3, 0.4) is 0 Å². The molecule has 4 heteroatoms. The molecule has 0 amide bonds. The number of hydrogen-bond acceptors (Lipinski definition) is 3. The summed E-state index contributed by atoms with van der Waals surface area (Å²) in [4.78, 5) is 0. The molecule has 0 saturated heterocycles. The third-order valence-electron chi connectivity index (χ3n) is 1.15. The summed E-state index contributed by atoms with van der Waals surface area (Å²) in [6, 6.07) is 0. The molecule has 0 aliphatic rings. The zero-order valence-electron chi connectivity index (χ0n) is 4.96. The van der Waals surface area contributed by atoms with Crippen LogP contribution < -0.4 is 0 Å². The average Bonchev–Trinajstić information content (AvgIpc) is 1.87. The van der Waals surface area contributed by atoms with Crippen molar-refractivity contribution in [1.82, 2.24) is 0 Å². The van der Waals surface area contributed by atoms with Crippen molar-refractivity contribution in [3.8, 4) is 0 Å². The van der Waals surface area contributed by atoms with E-state index in [0.717, 1.165) is 0 Å². The van der Waals surface area contributed by atoms with Crippen molar-refractivity contribution in [2.75, 3.05) is 19.8 Å². The first-order valence-corrected chi connectivity index (χ1v) is 2.51.